The minimum atomic E-state index is -4.23. The molecular weight excluding hydrogens is 264 g/mol. The Morgan fingerprint density at radius 2 is 1.62 bits per heavy atom. The highest BCUT2D eigenvalue weighted by Gasteiger charge is 2.27. The van der Waals surface area contributed by atoms with Crippen molar-refractivity contribution in [3.8, 4) is 0 Å². The topological polar surface area (TPSA) is 25.8 Å². The van der Waals surface area contributed by atoms with Gasteiger partial charge in [0.2, 0.25) is 0 Å². The minimum absolute atomic E-state index is 0.0181. The Hall–Kier alpha value is -0.550. The van der Waals surface area contributed by atoms with Crippen molar-refractivity contribution in [1.82, 2.24) is 9.97 Å². The van der Waals surface area contributed by atoms with Gasteiger partial charge in [-0.15, -0.1) is 0 Å². The summed E-state index contributed by atoms with van der Waals surface area (Å²) in [7, 11) is 0. The Morgan fingerprint density at radius 3 is 2.00 bits per heavy atom. The molecule has 0 unspecified atom stereocenters. The van der Waals surface area contributed by atoms with Crippen LogP contribution in [-0.2, 0) is 12.8 Å². The summed E-state index contributed by atoms with van der Waals surface area (Å²) in [5.74, 6) is 0.0181. The summed E-state index contributed by atoms with van der Waals surface area (Å²) in [6, 6.07) is 0. The summed E-state index contributed by atoms with van der Waals surface area (Å²) < 4.78 is 35.9. The second-order valence-corrected chi connectivity index (χ2v) is 3.88. The van der Waals surface area contributed by atoms with E-state index in [0.717, 1.165) is 0 Å². The average molecular weight is 273 g/mol. The molecule has 0 amide bonds. The maximum Gasteiger partial charge on any atom is 0.389 e. The van der Waals surface area contributed by atoms with Crippen molar-refractivity contribution in [1.29, 1.82) is 0 Å². The summed E-state index contributed by atoms with van der Waals surface area (Å²) in [5.41, 5.74) is 0.555. The normalized spacial score (nSPS) is 11.9. The molecule has 0 saturated heterocycles. The monoisotopic (exact) mass is 272 g/mol. The summed E-state index contributed by atoms with van der Waals surface area (Å²) in [6.45, 7) is 1.81. The maximum atomic E-state index is 12.0. The van der Waals surface area contributed by atoms with Gasteiger partial charge in [-0.3, -0.25) is 0 Å². The summed E-state index contributed by atoms with van der Waals surface area (Å²) in [6.07, 6.45) is -4.99. The van der Waals surface area contributed by atoms with Crippen molar-refractivity contribution in [2.75, 3.05) is 0 Å². The van der Waals surface area contributed by atoms with Crippen LogP contribution >= 0.6 is 23.2 Å². The van der Waals surface area contributed by atoms with Crippen molar-refractivity contribution < 1.29 is 13.2 Å². The van der Waals surface area contributed by atoms with Crippen molar-refractivity contribution in [2.24, 2.45) is 0 Å². The van der Waals surface area contributed by atoms with E-state index in [0.29, 0.717) is 12.0 Å². The Kier molecular flexibility index (Phi) is 4.38. The smallest absolute Gasteiger partial charge is 0.221 e. The van der Waals surface area contributed by atoms with E-state index in [1.54, 1.807) is 0 Å². The average Bonchev–Trinajstić information content (AvgIpc) is 2.13. The van der Waals surface area contributed by atoms with Gasteiger partial charge in [0.05, 0.1) is 6.42 Å². The molecule has 1 aromatic heterocycles. The van der Waals surface area contributed by atoms with E-state index in [-0.39, 0.29) is 22.6 Å². The lowest BCUT2D eigenvalue weighted by atomic mass is 10.2. The largest absolute Gasteiger partial charge is 0.389 e. The van der Waals surface area contributed by atoms with E-state index in [4.69, 9.17) is 23.2 Å². The molecule has 2 nitrogen and oxygen atoms in total. The van der Waals surface area contributed by atoms with Crippen LogP contribution in [0.15, 0.2) is 0 Å². The Labute approximate surface area is 101 Å². The van der Waals surface area contributed by atoms with Crippen molar-refractivity contribution >= 4 is 23.2 Å². The van der Waals surface area contributed by atoms with Gasteiger partial charge in [-0.05, 0) is 6.42 Å². The summed E-state index contributed by atoms with van der Waals surface area (Å²) in [5, 5.41) is 0.249. The minimum Gasteiger partial charge on any atom is -0.221 e. The number of aromatic nitrogens is 2. The zero-order chi connectivity index (χ0) is 12.3. The number of alkyl halides is 3. The molecule has 0 saturated carbocycles. The van der Waals surface area contributed by atoms with Crippen LogP contribution in [0.25, 0.3) is 0 Å². The molecule has 0 radical (unpaired) electrons. The van der Waals surface area contributed by atoms with Crippen molar-refractivity contribution in [3.63, 3.8) is 0 Å². The third kappa shape index (κ3) is 3.79. The van der Waals surface area contributed by atoms with Crippen LogP contribution in [-0.4, -0.2) is 16.1 Å². The lowest BCUT2D eigenvalue weighted by molar-refractivity contribution is -0.134. The number of aryl methyl sites for hydroxylation is 1. The highest BCUT2D eigenvalue weighted by Crippen LogP contribution is 2.24. The standard InChI is InChI=1S/C9H9Cl2F3N2/c1-2-5-7(10)15-6(16-8(5)11)3-4-9(12,13)14/h2-4H2,1H3. The number of nitrogens with zero attached hydrogens (tertiary/aromatic N) is 2. The molecule has 1 aromatic rings. The molecule has 0 fully saturated rings. The molecule has 0 aliphatic rings. The fraction of sp³-hybridized carbons (Fsp3) is 0.556. The van der Waals surface area contributed by atoms with Crippen molar-refractivity contribution in [2.45, 2.75) is 32.4 Å². The Morgan fingerprint density at radius 1 is 1.12 bits per heavy atom. The van der Waals surface area contributed by atoms with Crippen LogP contribution in [0, 0.1) is 0 Å². The lowest BCUT2D eigenvalue weighted by Gasteiger charge is -2.08. The quantitative estimate of drug-likeness (QED) is 0.782. The summed E-state index contributed by atoms with van der Waals surface area (Å²) in [4.78, 5) is 7.56. The third-order valence-electron chi connectivity index (χ3n) is 1.94. The maximum absolute atomic E-state index is 12.0. The van der Waals surface area contributed by atoms with Gasteiger partial charge in [-0.1, -0.05) is 30.1 Å². The van der Waals surface area contributed by atoms with Gasteiger partial charge in [-0.25, -0.2) is 9.97 Å². The molecule has 16 heavy (non-hydrogen) atoms. The molecule has 0 aliphatic carbocycles. The van der Waals surface area contributed by atoms with Gasteiger partial charge in [-0.2, -0.15) is 13.2 Å². The van der Waals surface area contributed by atoms with Crippen LogP contribution in [0.5, 0.6) is 0 Å². The Bertz CT molecular complexity index is 357. The predicted molar refractivity (Wildman–Crippen MR) is 55.8 cm³/mol. The molecular formula is C9H9Cl2F3N2. The highest BCUT2D eigenvalue weighted by molar-refractivity contribution is 6.34. The zero-order valence-electron chi connectivity index (χ0n) is 8.41. The SMILES string of the molecule is CCc1c(Cl)nc(CCC(F)(F)F)nc1Cl. The fourth-order valence-electron chi connectivity index (χ4n) is 1.13. The second-order valence-electron chi connectivity index (χ2n) is 3.17. The first-order chi connectivity index (χ1) is 7.33. The van der Waals surface area contributed by atoms with E-state index in [1.165, 1.54) is 0 Å². The van der Waals surface area contributed by atoms with Crippen LogP contribution in [0.4, 0.5) is 13.2 Å². The molecule has 90 valence electrons. The molecule has 1 rings (SSSR count). The summed E-state index contributed by atoms with van der Waals surface area (Å²) >= 11 is 11.5. The molecule has 0 spiro atoms. The van der Waals surface area contributed by atoms with Crippen LogP contribution < -0.4 is 0 Å². The zero-order valence-corrected chi connectivity index (χ0v) is 9.92. The second kappa shape index (κ2) is 5.19. The molecule has 0 aliphatic heterocycles. The van der Waals surface area contributed by atoms with Gasteiger partial charge in [0, 0.05) is 12.0 Å². The van der Waals surface area contributed by atoms with E-state index >= 15 is 0 Å². The Balaban J connectivity index is 2.84. The van der Waals surface area contributed by atoms with E-state index in [9.17, 15) is 13.2 Å². The number of hydrogen-bond acceptors (Lipinski definition) is 2. The number of hydrogen-bond donors (Lipinski definition) is 0. The van der Waals surface area contributed by atoms with E-state index in [2.05, 4.69) is 9.97 Å². The first-order valence-electron chi connectivity index (χ1n) is 4.61. The van der Waals surface area contributed by atoms with E-state index in [1.807, 2.05) is 6.92 Å². The van der Waals surface area contributed by atoms with Crippen LogP contribution in [0.1, 0.15) is 24.7 Å². The number of rotatable bonds is 3. The van der Waals surface area contributed by atoms with Gasteiger partial charge < -0.3 is 0 Å². The van der Waals surface area contributed by atoms with Crippen molar-refractivity contribution in [3.05, 3.63) is 21.7 Å². The van der Waals surface area contributed by atoms with E-state index < -0.39 is 12.6 Å². The van der Waals surface area contributed by atoms with Crippen LogP contribution in [0.3, 0.4) is 0 Å². The van der Waals surface area contributed by atoms with Gasteiger partial charge >= 0.3 is 6.18 Å². The first-order valence-corrected chi connectivity index (χ1v) is 5.36. The molecule has 0 aromatic carbocycles. The fourth-order valence-corrected chi connectivity index (χ4v) is 1.82. The molecule has 0 bridgehead atoms. The molecule has 1 heterocycles. The first kappa shape index (κ1) is 13.5. The molecule has 7 heteroatoms. The highest BCUT2D eigenvalue weighted by atomic mass is 35.5. The van der Waals surface area contributed by atoms with Gasteiger partial charge in [0.15, 0.2) is 0 Å². The van der Waals surface area contributed by atoms with Crippen LogP contribution in [0.2, 0.25) is 10.3 Å². The van der Waals surface area contributed by atoms with Gasteiger partial charge in [0.25, 0.3) is 0 Å². The predicted octanol–water partition coefficient (Wildman–Crippen LogP) is 3.84. The third-order valence-corrected chi connectivity index (χ3v) is 2.56. The molecule has 0 atom stereocenters. The van der Waals surface area contributed by atoms with Gasteiger partial charge in [0.1, 0.15) is 16.1 Å². The lowest BCUT2D eigenvalue weighted by Crippen LogP contribution is -2.10. The number of halogens is 5. The molecule has 0 N–H and O–H groups in total.